The van der Waals surface area contributed by atoms with Gasteiger partial charge in [-0.25, -0.2) is 24.3 Å². The molecule has 42 heavy (non-hydrogen) atoms. The molecule has 1 fully saturated rings. The standard InChI is InChI=1S/C28H28F4N8O2/c1-17-3-4-18(26(41)36-19-5-6-21(29)20(14-19)28(30,31)32)13-22(17)37-25-24-23(34-16-35-25)15-33-27(38-24)40-9-7-39(8-10-40)11-12-42-2/h3-6,13-16H,7-12H2,1-2H3,(H,36,41)(H,34,35,37). The van der Waals surface area contributed by atoms with E-state index in [1.807, 2.05) is 6.92 Å². The van der Waals surface area contributed by atoms with E-state index in [-0.39, 0.29) is 11.3 Å². The van der Waals surface area contributed by atoms with Gasteiger partial charge in [-0.2, -0.15) is 13.2 Å². The molecule has 1 amide bonds. The molecule has 14 heteroatoms. The molecule has 1 aliphatic rings. The number of hydrogen-bond acceptors (Lipinski definition) is 9. The minimum atomic E-state index is -4.89. The lowest BCUT2D eigenvalue weighted by Gasteiger charge is -2.34. The van der Waals surface area contributed by atoms with Crippen molar-refractivity contribution < 1.29 is 27.1 Å². The number of methoxy groups -OCH3 is 1. The summed E-state index contributed by atoms with van der Waals surface area (Å²) in [7, 11) is 1.68. The van der Waals surface area contributed by atoms with E-state index in [4.69, 9.17) is 9.72 Å². The normalized spacial score (nSPS) is 14.3. The largest absolute Gasteiger partial charge is 0.419 e. The molecule has 10 nitrogen and oxygen atoms in total. The number of alkyl halides is 3. The quantitative estimate of drug-likeness (QED) is 0.286. The first-order chi connectivity index (χ1) is 20.1. The predicted molar refractivity (Wildman–Crippen MR) is 149 cm³/mol. The van der Waals surface area contributed by atoms with E-state index in [1.165, 1.54) is 12.4 Å². The van der Waals surface area contributed by atoms with Gasteiger partial charge in [0.1, 0.15) is 23.2 Å². The van der Waals surface area contributed by atoms with E-state index < -0.39 is 23.5 Å². The van der Waals surface area contributed by atoms with E-state index in [9.17, 15) is 22.4 Å². The Morgan fingerprint density at radius 2 is 1.83 bits per heavy atom. The van der Waals surface area contributed by atoms with Crippen molar-refractivity contribution in [3.05, 3.63) is 71.4 Å². The molecule has 0 spiro atoms. The maximum Gasteiger partial charge on any atom is 0.419 e. The Kier molecular flexibility index (Phi) is 8.45. The number of nitrogens with zero attached hydrogens (tertiary/aromatic N) is 6. The number of piperazine rings is 1. The fourth-order valence-electron chi connectivity index (χ4n) is 4.53. The van der Waals surface area contributed by atoms with Crippen LogP contribution in [-0.4, -0.2) is 77.2 Å². The molecule has 220 valence electrons. The van der Waals surface area contributed by atoms with Gasteiger partial charge in [-0.15, -0.1) is 0 Å². The Labute approximate surface area is 238 Å². The van der Waals surface area contributed by atoms with Crippen LogP contribution in [0.4, 0.5) is 40.7 Å². The minimum Gasteiger partial charge on any atom is -0.383 e. The predicted octanol–water partition coefficient (Wildman–Crippen LogP) is 4.65. The number of aryl methyl sites for hydroxylation is 1. The van der Waals surface area contributed by atoms with Crippen molar-refractivity contribution in [3.8, 4) is 0 Å². The molecule has 2 aromatic heterocycles. The third kappa shape index (κ3) is 6.55. The van der Waals surface area contributed by atoms with Crippen LogP contribution in [0.3, 0.4) is 0 Å². The molecule has 1 aliphatic heterocycles. The number of nitrogens with one attached hydrogen (secondary N) is 2. The van der Waals surface area contributed by atoms with E-state index in [0.29, 0.717) is 47.2 Å². The fraction of sp³-hybridized carbons (Fsp3) is 0.321. The number of benzene rings is 2. The minimum absolute atomic E-state index is 0.168. The summed E-state index contributed by atoms with van der Waals surface area (Å²) in [4.78, 5) is 35.2. The highest BCUT2D eigenvalue weighted by molar-refractivity contribution is 6.05. The van der Waals surface area contributed by atoms with Gasteiger partial charge >= 0.3 is 6.18 Å². The topological polar surface area (TPSA) is 108 Å². The maximum atomic E-state index is 13.7. The Morgan fingerprint density at radius 1 is 1.05 bits per heavy atom. The number of fused-ring (bicyclic) bond motifs is 1. The second kappa shape index (κ2) is 12.2. The van der Waals surface area contributed by atoms with Crippen LogP contribution in [0.5, 0.6) is 0 Å². The van der Waals surface area contributed by atoms with Crippen LogP contribution in [0.15, 0.2) is 48.9 Å². The van der Waals surface area contributed by atoms with Crippen molar-refractivity contribution in [1.29, 1.82) is 0 Å². The molecule has 3 heterocycles. The Hall–Kier alpha value is -4.43. The van der Waals surface area contributed by atoms with Gasteiger partial charge in [-0.1, -0.05) is 6.07 Å². The molecule has 2 aromatic carbocycles. The second-order valence-electron chi connectivity index (χ2n) is 9.75. The van der Waals surface area contributed by atoms with Crippen LogP contribution < -0.4 is 15.5 Å². The summed E-state index contributed by atoms with van der Waals surface area (Å²) in [6.45, 7) is 6.56. The Morgan fingerprint density at radius 3 is 2.57 bits per heavy atom. The molecule has 0 saturated carbocycles. The number of ether oxygens (including phenoxy) is 1. The summed E-state index contributed by atoms with van der Waals surface area (Å²) < 4.78 is 58.1. The molecule has 0 aliphatic carbocycles. The number of halogens is 4. The van der Waals surface area contributed by atoms with Gasteiger partial charge in [0.25, 0.3) is 5.91 Å². The average molecular weight is 585 g/mol. The van der Waals surface area contributed by atoms with Crippen molar-refractivity contribution in [2.24, 2.45) is 0 Å². The van der Waals surface area contributed by atoms with Crippen LogP contribution in [-0.2, 0) is 10.9 Å². The lowest BCUT2D eigenvalue weighted by Crippen LogP contribution is -2.47. The molecule has 0 bridgehead atoms. The summed E-state index contributed by atoms with van der Waals surface area (Å²) >= 11 is 0. The summed E-state index contributed by atoms with van der Waals surface area (Å²) in [5.74, 6) is -1.14. The Balaban J connectivity index is 1.35. The molecule has 5 rings (SSSR count). The number of carbonyl (C=O) groups is 1. The molecule has 2 N–H and O–H groups in total. The lowest BCUT2D eigenvalue weighted by molar-refractivity contribution is -0.139. The van der Waals surface area contributed by atoms with Crippen LogP contribution in [0, 0.1) is 12.7 Å². The monoisotopic (exact) mass is 584 g/mol. The van der Waals surface area contributed by atoms with Crippen molar-refractivity contribution in [1.82, 2.24) is 24.8 Å². The number of anilines is 4. The maximum absolute atomic E-state index is 13.7. The van der Waals surface area contributed by atoms with Gasteiger partial charge in [-0.3, -0.25) is 9.69 Å². The van der Waals surface area contributed by atoms with Crippen molar-refractivity contribution in [3.63, 3.8) is 0 Å². The van der Waals surface area contributed by atoms with Crippen molar-refractivity contribution >= 4 is 40.1 Å². The number of rotatable bonds is 8. The molecule has 0 unspecified atom stereocenters. The third-order valence-corrected chi connectivity index (χ3v) is 6.91. The van der Waals surface area contributed by atoms with Crippen LogP contribution in [0.2, 0.25) is 0 Å². The molecule has 0 atom stereocenters. The van der Waals surface area contributed by atoms with Gasteiger partial charge in [-0.05, 0) is 42.8 Å². The highest BCUT2D eigenvalue weighted by atomic mass is 19.4. The smallest absolute Gasteiger partial charge is 0.383 e. The lowest BCUT2D eigenvalue weighted by atomic mass is 10.1. The first-order valence-electron chi connectivity index (χ1n) is 13.1. The first-order valence-corrected chi connectivity index (χ1v) is 13.1. The molecule has 0 radical (unpaired) electrons. The van der Waals surface area contributed by atoms with Gasteiger partial charge in [0.15, 0.2) is 5.82 Å². The summed E-state index contributed by atoms with van der Waals surface area (Å²) in [5, 5.41) is 5.61. The third-order valence-electron chi connectivity index (χ3n) is 6.91. The molecular weight excluding hydrogens is 556 g/mol. The van der Waals surface area contributed by atoms with Gasteiger partial charge in [0, 0.05) is 56.8 Å². The Bertz CT molecular complexity index is 1590. The highest BCUT2D eigenvalue weighted by Crippen LogP contribution is 2.33. The molecule has 4 aromatic rings. The average Bonchev–Trinajstić information content (AvgIpc) is 2.97. The van der Waals surface area contributed by atoms with E-state index >= 15 is 0 Å². The van der Waals surface area contributed by atoms with Crippen molar-refractivity contribution in [2.75, 3.05) is 62.0 Å². The number of hydrogen-bond donors (Lipinski definition) is 2. The highest BCUT2D eigenvalue weighted by Gasteiger charge is 2.34. The van der Waals surface area contributed by atoms with Crippen LogP contribution >= 0.6 is 0 Å². The van der Waals surface area contributed by atoms with Gasteiger partial charge < -0.3 is 20.3 Å². The zero-order valence-corrected chi connectivity index (χ0v) is 22.9. The number of aromatic nitrogens is 4. The zero-order valence-electron chi connectivity index (χ0n) is 22.9. The van der Waals surface area contributed by atoms with Gasteiger partial charge in [0.05, 0.1) is 18.4 Å². The summed E-state index contributed by atoms with van der Waals surface area (Å²) in [6, 6.07) is 7.07. The SMILES string of the molecule is COCCN1CCN(c2ncc3ncnc(Nc4cc(C(=O)Nc5ccc(F)c(C(F)(F)F)c5)ccc4C)c3n2)CC1. The zero-order chi connectivity index (χ0) is 29.9. The summed E-state index contributed by atoms with van der Waals surface area (Å²) in [5.41, 5.74) is 0.848. The fourth-order valence-corrected chi connectivity index (χ4v) is 4.53. The van der Waals surface area contributed by atoms with Crippen molar-refractivity contribution in [2.45, 2.75) is 13.1 Å². The molecule has 1 saturated heterocycles. The van der Waals surface area contributed by atoms with Gasteiger partial charge in [0.2, 0.25) is 5.95 Å². The number of carbonyl (C=O) groups excluding carboxylic acids is 1. The summed E-state index contributed by atoms with van der Waals surface area (Å²) in [6.07, 6.45) is -1.88. The number of amides is 1. The van der Waals surface area contributed by atoms with E-state index in [2.05, 4.69) is 35.4 Å². The van der Waals surface area contributed by atoms with Crippen LogP contribution in [0.25, 0.3) is 11.0 Å². The van der Waals surface area contributed by atoms with E-state index in [0.717, 1.165) is 44.4 Å². The van der Waals surface area contributed by atoms with E-state index in [1.54, 1.807) is 25.4 Å². The molecular formula is C28H28F4N8O2. The first kappa shape index (κ1) is 29.1. The van der Waals surface area contributed by atoms with Crippen LogP contribution in [0.1, 0.15) is 21.5 Å². The second-order valence-corrected chi connectivity index (χ2v) is 9.75.